The van der Waals surface area contributed by atoms with E-state index in [-0.39, 0.29) is 11.4 Å². The molecule has 0 bridgehead atoms. The Morgan fingerprint density at radius 1 is 1.50 bits per heavy atom. The Morgan fingerprint density at radius 2 is 2.14 bits per heavy atom. The fraction of sp³-hybridized carbons (Fsp3) is 0.800. The van der Waals surface area contributed by atoms with Gasteiger partial charge in [0.1, 0.15) is 11.7 Å². The van der Waals surface area contributed by atoms with Crippen LogP contribution in [0.5, 0.6) is 0 Å². The van der Waals surface area contributed by atoms with Crippen molar-refractivity contribution in [3.05, 3.63) is 0 Å². The molecule has 0 aromatic rings. The second-order valence-corrected chi connectivity index (χ2v) is 4.34. The molecule has 1 saturated heterocycles. The van der Waals surface area contributed by atoms with Crippen LogP contribution in [0.1, 0.15) is 19.8 Å². The number of carbonyl (C=O) groups excluding carboxylic acids is 2. The van der Waals surface area contributed by atoms with Crippen molar-refractivity contribution in [3.63, 3.8) is 0 Å². The lowest BCUT2D eigenvalue weighted by atomic mass is 9.52. The smallest absolute Gasteiger partial charge is 0.319 e. The van der Waals surface area contributed by atoms with Gasteiger partial charge in [0, 0.05) is 5.41 Å². The Hall–Kier alpha value is -0.900. The van der Waals surface area contributed by atoms with Crippen molar-refractivity contribution in [2.75, 3.05) is 19.8 Å². The van der Waals surface area contributed by atoms with Gasteiger partial charge < -0.3 is 14.3 Å². The van der Waals surface area contributed by atoms with Crippen LogP contribution in [-0.2, 0) is 19.1 Å². The molecule has 1 aliphatic heterocycles. The first kappa shape index (κ1) is 9.65. The van der Waals surface area contributed by atoms with E-state index in [0.717, 1.165) is 6.29 Å². The summed E-state index contributed by atoms with van der Waals surface area (Å²) >= 11 is 0. The summed E-state index contributed by atoms with van der Waals surface area (Å²) in [7, 11) is 0. The fourth-order valence-electron chi connectivity index (χ4n) is 2.43. The third kappa shape index (κ3) is 1.17. The Bertz CT molecular complexity index is 259. The summed E-state index contributed by atoms with van der Waals surface area (Å²) in [5.74, 6) is -0.368. The molecule has 0 amide bonds. The molecule has 0 radical (unpaired) electrons. The normalized spacial score (nSPS) is 26.1. The quantitative estimate of drug-likeness (QED) is 0.377. The zero-order chi connectivity index (χ0) is 10.2. The minimum absolute atomic E-state index is 0.105. The van der Waals surface area contributed by atoms with Crippen LogP contribution in [0, 0.1) is 10.8 Å². The highest BCUT2D eigenvalue weighted by atomic mass is 16.5. The van der Waals surface area contributed by atoms with Crippen LogP contribution in [0.4, 0.5) is 0 Å². The molecule has 1 heterocycles. The molecule has 2 rings (SSSR count). The van der Waals surface area contributed by atoms with Crippen molar-refractivity contribution in [2.24, 2.45) is 10.8 Å². The van der Waals surface area contributed by atoms with Crippen LogP contribution < -0.4 is 0 Å². The van der Waals surface area contributed by atoms with Gasteiger partial charge in [-0.2, -0.15) is 0 Å². The molecular weight excluding hydrogens is 184 g/mol. The van der Waals surface area contributed by atoms with Crippen molar-refractivity contribution in [1.29, 1.82) is 0 Å². The SMILES string of the molecule is CCOC(=O)C1(C=O)CC2(COC2)C1. The summed E-state index contributed by atoms with van der Waals surface area (Å²) in [4.78, 5) is 22.4. The van der Waals surface area contributed by atoms with Crippen molar-refractivity contribution in [2.45, 2.75) is 19.8 Å². The van der Waals surface area contributed by atoms with Gasteiger partial charge in [-0.25, -0.2) is 0 Å². The predicted molar refractivity (Wildman–Crippen MR) is 47.6 cm³/mol. The maximum Gasteiger partial charge on any atom is 0.319 e. The van der Waals surface area contributed by atoms with Crippen LogP contribution in [0.3, 0.4) is 0 Å². The highest BCUT2D eigenvalue weighted by Crippen LogP contribution is 2.57. The van der Waals surface area contributed by atoms with Gasteiger partial charge in [-0.15, -0.1) is 0 Å². The van der Waals surface area contributed by atoms with Crippen LogP contribution in [0.2, 0.25) is 0 Å². The average Bonchev–Trinajstić information content (AvgIpc) is 2.01. The van der Waals surface area contributed by atoms with Gasteiger partial charge in [-0.3, -0.25) is 4.79 Å². The van der Waals surface area contributed by atoms with E-state index >= 15 is 0 Å². The molecule has 2 fully saturated rings. The van der Waals surface area contributed by atoms with Crippen LogP contribution in [-0.4, -0.2) is 32.1 Å². The lowest BCUT2D eigenvalue weighted by molar-refractivity contribution is -0.217. The van der Waals surface area contributed by atoms with E-state index in [1.807, 2.05) is 0 Å². The number of esters is 1. The molecule has 4 nitrogen and oxygen atoms in total. The van der Waals surface area contributed by atoms with E-state index in [2.05, 4.69) is 0 Å². The first-order chi connectivity index (χ1) is 6.66. The van der Waals surface area contributed by atoms with Gasteiger partial charge >= 0.3 is 5.97 Å². The maximum atomic E-state index is 11.5. The highest BCUT2D eigenvalue weighted by Gasteiger charge is 2.62. The predicted octanol–water partition coefficient (Wildman–Crippen LogP) is 0.545. The van der Waals surface area contributed by atoms with E-state index in [4.69, 9.17) is 9.47 Å². The highest BCUT2D eigenvalue weighted by molar-refractivity contribution is 5.94. The number of rotatable bonds is 3. The second kappa shape index (κ2) is 3.05. The van der Waals surface area contributed by atoms with Crippen LogP contribution >= 0.6 is 0 Å². The fourth-order valence-corrected chi connectivity index (χ4v) is 2.43. The Balaban J connectivity index is 2.00. The third-order valence-electron chi connectivity index (χ3n) is 3.10. The molecule has 4 heteroatoms. The number of hydrogen-bond acceptors (Lipinski definition) is 4. The molecule has 0 N–H and O–H groups in total. The molecule has 0 aromatic heterocycles. The summed E-state index contributed by atoms with van der Waals surface area (Å²) in [6.07, 6.45) is 1.94. The number of hydrogen-bond donors (Lipinski definition) is 0. The van der Waals surface area contributed by atoms with Crippen LogP contribution in [0.25, 0.3) is 0 Å². The van der Waals surface area contributed by atoms with Gasteiger partial charge in [0.25, 0.3) is 0 Å². The summed E-state index contributed by atoms with van der Waals surface area (Å²) in [6.45, 7) is 3.44. The van der Waals surface area contributed by atoms with E-state index in [1.54, 1.807) is 6.92 Å². The minimum atomic E-state index is -0.861. The zero-order valence-electron chi connectivity index (χ0n) is 8.25. The molecule has 2 aliphatic rings. The van der Waals surface area contributed by atoms with Gasteiger partial charge in [-0.05, 0) is 19.8 Å². The lowest BCUT2D eigenvalue weighted by Gasteiger charge is -2.56. The molecule has 78 valence electrons. The van der Waals surface area contributed by atoms with E-state index in [9.17, 15) is 9.59 Å². The van der Waals surface area contributed by atoms with Crippen molar-refractivity contribution < 1.29 is 19.1 Å². The molecule has 0 atom stereocenters. The first-order valence-corrected chi connectivity index (χ1v) is 4.88. The van der Waals surface area contributed by atoms with Gasteiger partial charge in [0.2, 0.25) is 0 Å². The van der Waals surface area contributed by atoms with Gasteiger partial charge in [-0.1, -0.05) is 0 Å². The van der Waals surface area contributed by atoms with Crippen molar-refractivity contribution >= 4 is 12.3 Å². The van der Waals surface area contributed by atoms with Crippen molar-refractivity contribution in [1.82, 2.24) is 0 Å². The van der Waals surface area contributed by atoms with E-state index in [1.165, 1.54) is 0 Å². The summed E-state index contributed by atoms with van der Waals surface area (Å²) < 4.78 is 9.98. The zero-order valence-corrected chi connectivity index (χ0v) is 8.25. The summed E-state index contributed by atoms with van der Waals surface area (Å²) in [5.41, 5.74) is -0.756. The maximum absolute atomic E-state index is 11.5. The first-order valence-electron chi connectivity index (χ1n) is 4.88. The monoisotopic (exact) mass is 198 g/mol. The molecule has 1 spiro atoms. The summed E-state index contributed by atoms with van der Waals surface area (Å²) in [6, 6.07) is 0. The molecule has 0 unspecified atom stereocenters. The largest absolute Gasteiger partial charge is 0.465 e. The summed E-state index contributed by atoms with van der Waals surface area (Å²) in [5, 5.41) is 0. The van der Waals surface area contributed by atoms with Crippen LogP contribution in [0.15, 0.2) is 0 Å². The van der Waals surface area contributed by atoms with Crippen molar-refractivity contribution in [3.8, 4) is 0 Å². The van der Waals surface area contributed by atoms with E-state index < -0.39 is 5.41 Å². The molecular formula is C10H14O4. The lowest BCUT2D eigenvalue weighted by Crippen LogP contribution is -2.61. The second-order valence-electron chi connectivity index (χ2n) is 4.34. The third-order valence-corrected chi connectivity index (χ3v) is 3.10. The number of ether oxygens (including phenoxy) is 2. The Labute approximate surface area is 82.6 Å². The molecule has 1 saturated carbocycles. The average molecular weight is 198 g/mol. The topological polar surface area (TPSA) is 52.6 Å². The molecule has 14 heavy (non-hydrogen) atoms. The molecule has 0 aromatic carbocycles. The number of aldehydes is 1. The van der Waals surface area contributed by atoms with Gasteiger partial charge in [0.15, 0.2) is 0 Å². The number of carbonyl (C=O) groups is 2. The Kier molecular flexibility index (Phi) is 2.10. The van der Waals surface area contributed by atoms with E-state index in [0.29, 0.717) is 32.7 Å². The standard InChI is InChI=1S/C10H14O4/c1-2-14-8(12)10(5-11)3-9(4-10)6-13-7-9/h5H,2-4,6-7H2,1H3. The minimum Gasteiger partial charge on any atom is -0.465 e. The molecule has 1 aliphatic carbocycles. The van der Waals surface area contributed by atoms with Gasteiger partial charge in [0.05, 0.1) is 19.8 Å². The Morgan fingerprint density at radius 3 is 2.50 bits per heavy atom.